The number of nitriles is 1. The van der Waals surface area contributed by atoms with Crippen LogP contribution in [0.25, 0.3) is 42.6 Å². The summed E-state index contributed by atoms with van der Waals surface area (Å²) in [4.78, 5) is 13.3. The second-order valence-electron chi connectivity index (χ2n) is 7.94. The fourth-order valence-corrected chi connectivity index (χ4v) is 5.63. The van der Waals surface area contributed by atoms with Crippen molar-refractivity contribution < 1.29 is 0 Å². The van der Waals surface area contributed by atoms with Crippen LogP contribution in [0.5, 0.6) is 0 Å². The van der Waals surface area contributed by atoms with E-state index in [0.29, 0.717) is 10.9 Å². The first-order chi connectivity index (χ1) is 15.7. The molecule has 1 saturated heterocycles. The Balaban J connectivity index is 1.59. The first-order valence-corrected chi connectivity index (χ1v) is 11.2. The first-order valence-electron chi connectivity index (χ1n) is 10.4. The van der Waals surface area contributed by atoms with Gasteiger partial charge < -0.3 is 5.32 Å². The van der Waals surface area contributed by atoms with Crippen molar-refractivity contribution in [2.24, 2.45) is 7.05 Å². The van der Waals surface area contributed by atoms with E-state index in [1.807, 2.05) is 60.4 Å². The van der Waals surface area contributed by atoms with Crippen LogP contribution < -0.4 is 10.9 Å². The smallest absolute Gasteiger partial charge is 0.272 e. The lowest BCUT2D eigenvalue weighted by atomic mass is 9.95. The van der Waals surface area contributed by atoms with Gasteiger partial charge >= 0.3 is 0 Å². The van der Waals surface area contributed by atoms with Crippen LogP contribution in [0.15, 0.2) is 53.5 Å². The predicted molar refractivity (Wildman–Crippen MR) is 125 cm³/mol. The van der Waals surface area contributed by atoms with E-state index >= 15 is 0 Å². The van der Waals surface area contributed by atoms with E-state index < -0.39 is 0 Å². The van der Waals surface area contributed by atoms with Crippen molar-refractivity contribution >= 4 is 32.2 Å². The number of aromatic amines is 1. The Hall–Kier alpha value is -3.80. The second kappa shape index (κ2) is 7.12. The third-order valence-electron chi connectivity index (χ3n) is 6.14. The molecule has 0 spiro atoms. The number of nitrogens with zero attached hydrogens (tertiary/aromatic N) is 4. The Morgan fingerprint density at radius 1 is 1.19 bits per heavy atom. The van der Waals surface area contributed by atoms with Gasteiger partial charge in [0.1, 0.15) is 6.07 Å². The van der Waals surface area contributed by atoms with Crippen molar-refractivity contribution in [1.82, 2.24) is 25.3 Å². The number of nitrogens with one attached hydrogen (secondary N) is 2. The highest BCUT2D eigenvalue weighted by Crippen LogP contribution is 2.42. The van der Waals surface area contributed by atoms with Crippen molar-refractivity contribution in [3.05, 3.63) is 70.3 Å². The van der Waals surface area contributed by atoms with Crippen LogP contribution >= 0.6 is 11.3 Å². The molecule has 6 rings (SSSR count). The normalized spacial score (nSPS) is 15.7. The highest BCUT2D eigenvalue weighted by molar-refractivity contribution is 7.22. The summed E-state index contributed by atoms with van der Waals surface area (Å²) >= 11 is 1.60. The minimum Gasteiger partial charge on any atom is -0.308 e. The molecule has 1 aliphatic heterocycles. The Morgan fingerprint density at radius 3 is 2.81 bits per heavy atom. The number of rotatable bonds is 3. The molecule has 1 atom stereocenters. The average molecular weight is 439 g/mol. The first kappa shape index (κ1) is 18.9. The minimum atomic E-state index is -0.197. The van der Waals surface area contributed by atoms with Crippen LogP contribution in [-0.4, -0.2) is 26.5 Å². The zero-order valence-electron chi connectivity index (χ0n) is 17.2. The van der Waals surface area contributed by atoms with Crippen molar-refractivity contribution in [1.29, 1.82) is 5.26 Å². The number of hydrogen-bond acceptors (Lipinski definition) is 6. The Bertz CT molecular complexity index is 1620. The molecule has 1 aliphatic rings. The van der Waals surface area contributed by atoms with E-state index in [1.54, 1.807) is 11.3 Å². The fraction of sp³-hybridized carbons (Fsp3) is 0.167. The van der Waals surface area contributed by atoms with Gasteiger partial charge in [-0.25, -0.2) is 5.10 Å². The standard InChI is InChI=1S/C24H18N6OS/c1-30-22(23-17(11-25)14-4-2-3-5-20(14)32-23)18(12-27-30)13-6-7-15-16(10-13)21(19-8-9-26-19)28-29-24(15)31/h2-7,10,12,19,26H,8-9H2,1H3,(H,29,31). The van der Waals surface area contributed by atoms with E-state index in [4.69, 9.17) is 0 Å². The molecule has 1 fully saturated rings. The van der Waals surface area contributed by atoms with Crippen molar-refractivity contribution in [3.8, 4) is 27.8 Å². The molecular weight excluding hydrogens is 420 g/mol. The number of H-pyrrole nitrogens is 1. The maximum atomic E-state index is 12.4. The SMILES string of the molecule is Cn1ncc(-c2ccc3c(=O)[nH]nc(C4CCN4)c3c2)c1-c1sc2ccccc2c1C#N. The van der Waals surface area contributed by atoms with Crippen molar-refractivity contribution in [2.75, 3.05) is 6.54 Å². The summed E-state index contributed by atoms with van der Waals surface area (Å²) in [7, 11) is 1.89. The van der Waals surface area contributed by atoms with E-state index in [1.165, 1.54) is 0 Å². The second-order valence-corrected chi connectivity index (χ2v) is 8.99. The molecule has 0 amide bonds. The molecule has 3 aromatic heterocycles. The molecule has 2 aromatic carbocycles. The number of aromatic nitrogens is 4. The van der Waals surface area contributed by atoms with Gasteiger partial charge in [0.2, 0.25) is 0 Å². The molecule has 1 unspecified atom stereocenters. The van der Waals surface area contributed by atoms with E-state index in [2.05, 4.69) is 26.7 Å². The molecule has 7 nitrogen and oxygen atoms in total. The maximum Gasteiger partial charge on any atom is 0.272 e. The molecule has 4 heterocycles. The topological polar surface area (TPSA) is 99.4 Å². The zero-order valence-corrected chi connectivity index (χ0v) is 18.0. The van der Waals surface area contributed by atoms with Gasteiger partial charge in [-0.05, 0) is 36.7 Å². The molecule has 8 heteroatoms. The quantitative estimate of drug-likeness (QED) is 0.442. The molecule has 0 radical (unpaired) electrons. The molecule has 32 heavy (non-hydrogen) atoms. The van der Waals surface area contributed by atoms with Crippen LogP contribution in [0, 0.1) is 11.3 Å². The number of thiophene rings is 1. The zero-order chi connectivity index (χ0) is 21.8. The van der Waals surface area contributed by atoms with Gasteiger partial charge in [0.05, 0.1) is 39.5 Å². The monoisotopic (exact) mass is 438 g/mol. The summed E-state index contributed by atoms with van der Waals surface area (Å²) in [6, 6.07) is 16.3. The fourth-order valence-electron chi connectivity index (χ4n) is 4.38. The van der Waals surface area contributed by atoms with Crippen LogP contribution in [-0.2, 0) is 7.05 Å². The van der Waals surface area contributed by atoms with Gasteiger partial charge in [0.25, 0.3) is 5.56 Å². The molecule has 0 saturated carbocycles. The van der Waals surface area contributed by atoms with Crippen molar-refractivity contribution in [3.63, 3.8) is 0 Å². The third kappa shape index (κ3) is 2.72. The lowest BCUT2D eigenvalue weighted by Crippen LogP contribution is -2.36. The summed E-state index contributed by atoms with van der Waals surface area (Å²) in [5.74, 6) is 0. The Morgan fingerprint density at radius 2 is 2.03 bits per heavy atom. The lowest BCUT2D eigenvalue weighted by Gasteiger charge is -2.27. The molecule has 2 N–H and O–H groups in total. The number of fused-ring (bicyclic) bond motifs is 2. The van der Waals surface area contributed by atoms with Gasteiger partial charge in [0.15, 0.2) is 0 Å². The number of benzene rings is 2. The van der Waals surface area contributed by atoms with Crippen LogP contribution in [0.1, 0.15) is 23.7 Å². The lowest BCUT2D eigenvalue weighted by molar-refractivity contribution is 0.375. The molecular formula is C24H18N6OS. The van der Waals surface area contributed by atoms with Gasteiger partial charge in [-0.3, -0.25) is 9.48 Å². The largest absolute Gasteiger partial charge is 0.308 e. The van der Waals surface area contributed by atoms with Crippen LogP contribution in [0.3, 0.4) is 0 Å². The summed E-state index contributed by atoms with van der Waals surface area (Å²) in [5, 5.41) is 27.2. The molecule has 5 aromatic rings. The van der Waals surface area contributed by atoms with Gasteiger partial charge in [-0.15, -0.1) is 11.3 Å². The predicted octanol–water partition coefficient (Wildman–Crippen LogP) is 4.11. The van der Waals surface area contributed by atoms with E-state index in [0.717, 1.165) is 55.8 Å². The van der Waals surface area contributed by atoms with Crippen LogP contribution in [0.2, 0.25) is 0 Å². The average Bonchev–Trinajstić information content (AvgIpc) is 3.33. The summed E-state index contributed by atoms with van der Waals surface area (Å²) in [6.07, 6.45) is 2.81. The van der Waals surface area contributed by atoms with Gasteiger partial charge in [0, 0.05) is 28.1 Å². The van der Waals surface area contributed by atoms with Gasteiger partial charge in [-0.2, -0.15) is 15.5 Å². The van der Waals surface area contributed by atoms with E-state index in [9.17, 15) is 10.1 Å². The maximum absolute atomic E-state index is 12.4. The van der Waals surface area contributed by atoms with Crippen LogP contribution in [0.4, 0.5) is 0 Å². The van der Waals surface area contributed by atoms with E-state index in [-0.39, 0.29) is 11.6 Å². The Labute approximate surface area is 186 Å². The highest BCUT2D eigenvalue weighted by Gasteiger charge is 2.25. The number of aryl methyl sites for hydroxylation is 1. The van der Waals surface area contributed by atoms with Crippen molar-refractivity contribution in [2.45, 2.75) is 12.5 Å². The molecule has 0 bridgehead atoms. The third-order valence-corrected chi connectivity index (χ3v) is 7.32. The minimum absolute atomic E-state index is 0.144. The number of hydrogen-bond donors (Lipinski definition) is 2. The summed E-state index contributed by atoms with van der Waals surface area (Å²) in [6.45, 7) is 0.947. The summed E-state index contributed by atoms with van der Waals surface area (Å²) < 4.78 is 2.88. The molecule has 156 valence electrons. The highest BCUT2D eigenvalue weighted by atomic mass is 32.1. The summed E-state index contributed by atoms with van der Waals surface area (Å²) in [5.41, 5.74) is 4.08. The van der Waals surface area contributed by atoms with Gasteiger partial charge in [-0.1, -0.05) is 24.3 Å². The molecule has 0 aliphatic carbocycles. The Kier molecular flexibility index (Phi) is 4.21.